The van der Waals surface area contributed by atoms with E-state index in [1.54, 1.807) is 12.1 Å². The van der Waals surface area contributed by atoms with Crippen molar-refractivity contribution in [1.29, 1.82) is 0 Å². The lowest BCUT2D eigenvalue weighted by Gasteiger charge is -2.24. The summed E-state index contributed by atoms with van der Waals surface area (Å²) >= 11 is 0. The first-order valence-corrected chi connectivity index (χ1v) is 8.79. The molecule has 1 aliphatic heterocycles. The molecule has 1 amide bonds. The van der Waals surface area contributed by atoms with Gasteiger partial charge in [-0.1, -0.05) is 19.1 Å². The number of benzene rings is 1. The third-order valence-electron chi connectivity index (χ3n) is 4.41. The van der Waals surface area contributed by atoms with E-state index in [4.69, 9.17) is 5.73 Å². The van der Waals surface area contributed by atoms with Gasteiger partial charge in [-0.3, -0.25) is 9.69 Å². The van der Waals surface area contributed by atoms with E-state index in [2.05, 4.69) is 34.4 Å². The smallest absolute Gasteiger partial charge is 0.248 e. The summed E-state index contributed by atoms with van der Waals surface area (Å²) in [5.74, 6) is 0.427. The molecule has 7 heteroatoms. The second-order valence-electron chi connectivity index (χ2n) is 6.06. The number of carbonyl (C=O) groups is 1. The molecule has 0 bridgehead atoms. The van der Waals surface area contributed by atoms with Crippen LogP contribution in [0.25, 0.3) is 0 Å². The van der Waals surface area contributed by atoms with Crippen LogP contribution in [0.2, 0.25) is 0 Å². The molecule has 0 radical (unpaired) electrons. The largest absolute Gasteiger partial charge is 0.366 e. The number of likely N-dealkylation sites (N-methyl/N-ethyl adjacent to an activating group) is 1. The van der Waals surface area contributed by atoms with Crippen LogP contribution in [0.4, 0.5) is 0 Å². The van der Waals surface area contributed by atoms with Crippen molar-refractivity contribution < 1.29 is 4.79 Å². The highest BCUT2D eigenvalue weighted by Gasteiger charge is 2.22. The molecular weight excluding hydrogens is 429 g/mol. The number of primary amides is 1. The van der Waals surface area contributed by atoms with Crippen LogP contribution in [-0.2, 0) is 6.54 Å². The van der Waals surface area contributed by atoms with Crippen molar-refractivity contribution in [3.05, 3.63) is 35.4 Å². The first-order chi connectivity index (χ1) is 11.6. The highest BCUT2D eigenvalue weighted by atomic mass is 127. The van der Waals surface area contributed by atoms with E-state index >= 15 is 0 Å². The molecule has 1 atom stereocenters. The third kappa shape index (κ3) is 6.81. The van der Waals surface area contributed by atoms with E-state index in [0.717, 1.165) is 31.2 Å². The maximum absolute atomic E-state index is 11.1. The number of halogens is 1. The molecule has 6 nitrogen and oxygen atoms in total. The Kier molecular flexibility index (Phi) is 9.81. The molecule has 1 fully saturated rings. The second-order valence-corrected chi connectivity index (χ2v) is 6.06. The van der Waals surface area contributed by atoms with Gasteiger partial charge in [-0.15, -0.1) is 24.0 Å². The van der Waals surface area contributed by atoms with Crippen LogP contribution in [0.3, 0.4) is 0 Å². The van der Waals surface area contributed by atoms with Crippen molar-refractivity contribution in [1.82, 2.24) is 15.5 Å². The van der Waals surface area contributed by atoms with Gasteiger partial charge >= 0.3 is 0 Å². The van der Waals surface area contributed by atoms with Gasteiger partial charge in [0.25, 0.3) is 0 Å². The molecule has 1 aromatic rings. The number of guanidine groups is 1. The summed E-state index contributed by atoms with van der Waals surface area (Å²) in [6.07, 6.45) is 2.52. The SMILES string of the molecule is CCNC(=NCc1ccc(C(N)=O)cc1)NCC1CCCN1CC.I. The van der Waals surface area contributed by atoms with Crippen molar-refractivity contribution in [2.24, 2.45) is 10.7 Å². The average molecular weight is 459 g/mol. The zero-order valence-corrected chi connectivity index (χ0v) is 17.5. The highest BCUT2D eigenvalue weighted by Crippen LogP contribution is 2.15. The molecule has 25 heavy (non-hydrogen) atoms. The zero-order valence-electron chi connectivity index (χ0n) is 15.1. The fourth-order valence-electron chi connectivity index (χ4n) is 3.04. The number of nitrogens with zero attached hydrogens (tertiary/aromatic N) is 2. The molecule has 0 spiro atoms. The molecule has 2 rings (SSSR count). The molecule has 0 saturated carbocycles. The van der Waals surface area contributed by atoms with Crippen LogP contribution in [0, 0.1) is 0 Å². The molecule has 1 aromatic carbocycles. The highest BCUT2D eigenvalue weighted by molar-refractivity contribution is 14.0. The second kappa shape index (κ2) is 11.3. The van der Waals surface area contributed by atoms with Crippen LogP contribution in [0.15, 0.2) is 29.3 Å². The molecule has 1 heterocycles. The average Bonchev–Trinajstić information content (AvgIpc) is 3.05. The first kappa shape index (κ1) is 21.7. The normalized spacial score (nSPS) is 17.8. The number of carbonyl (C=O) groups excluding carboxylic acids is 1. The van der Waals surface area contributed by atoms with Gasteiger partial charge in [0, 0.05) is 24.7 Å². The summed E-state index contributed by atoms with van der Waals surface area (Å²) in [5, 5.41) is 6.74. The summed E-state index contributed by atoms with van der Waals surface area (Å²) in [5.41, 5.74) is 6.83. The lowest BCUT2D eigenvalue weighted by molar-refractivity contribution is 0.100. The lowest BCUT2D eigenvalue weighted by Crippen LogP contribution is -2.44. The molecule has 0 aliphatic carbocycles. The van der Waals surface area contributed by atoms with Crippen LogP contribution in [0.1, 0.15) is 42.6 Å². The summed E-state index contributed by atoms with van der Waals surface area (Å²) in [4.78, 5) is 18.2. The zero-order chi connectivity index (χ0) is 17.4. The van der Waals surface area contributed by atoms with Gasteiger partial charge in [-0.05, 0) is 50.6 Å². The van der Waals surface area contributed by atoms with E-state index in [-0.39, 0.29) is 24.0 Å². The number of hydrogen-bond donors (Lipinski definition) is 3. The fourth-order valence-corrected chi connectivity index (χ4v) is 3.04. The number of hydrogen-bond acceptors (Lipinski definition) is 3. The number of aliphatic imine (C=N–C) groups is 1. The van der Waals surface area contributed by atoms with E-state index in [1.165, 1.54) is 19.4 Å². The Hall–Kier alpha value is -1.35. The van der Waals surface area contributed by atoms with Crippen molar-refractivity contribution in [2.75, 3.05) is 26.2 Å². The first-order valence-electron chi connectivity index (χ1n) is 8.79. The van der Waals surface area contributed by atoms with E-state index in [9.17, 15) is 4.79 Å². The predicted octanol–water partition coefficient (Wildman–Crippen LogP) is 1.94. The number of rotatable bonds is 7. The third-order valence-corrected chi connectivity index (χ3v) is 4.41. The van der Waals surface area contributed by atoms with Crippen LogP contribution >= 0.6 is 24.0 Å². The quantitative estimate of drug-likeness (QED) is 0.331. The van der Waals surface area contributed by atoms with Crippen LogP contribution in [-0.4, -0.2) is 49.0 Å². The van der Waals surface area contributed by atoms with Gasteiger partial charge < -0.3 is 16.4 Å². The Balaban J connectivity index is 0.00000312. The predicted molar refractivity (Wildman–Crippen MR) is 113 cm³/mol. The van der Waals surface area contributed by atoms with Gasteiger partial charge in [0.05, 0.1) is 6.54 Å². The summed E-state index contributed by atoms with van der Waals surface area (Å²) in [6.45, 7) is 8.89. The van der Waals surface area contributed by atoms with Gasteiger partial charge in [0.15, 0.2) is 5.96 Å². The number of likely N-dealkylation sites (tertiary alicyclic amines) is 1. The standard InChI is InChI=1S/C18H29N5O.HI/c1-3-20-18(22-13-16-6-5-11-23(16)4-2)21-12-14-7-9-15(10-8-14)17(19)24;/h7-10,16H,3-6,11-13H2,1-2H3,(H2,19,24)(H2,20,21,22);1H. The van der Waals surface area contributed by atoms with E-state index < -0.39 is 5.91 Å². The van der Waals surface area contributed by atoms with Crippen molar-refractivity contribution in [2.45, 2.75) is 39.3 Å². The molecule has 1 aliphatic rings. The fraction of sp³-hybridized carbons (Fsp3) is 0.556. The van der Waals surface area contributed by atoms with Crippen LogP contribution in [0.5, 0.6) is 0 Å². The lowest BCUT2D eigenvalue weighted by atomic mass is 10.1. The number of nitrogens with one attached hydrogen (secondary N) is 2. The van der Waals surface area contributed by atoms with Crippen molar-refractivity contribution in [3.8, 4) is 0 Å². The number of nitrogens with two attached hydrogens (primary N) is 1. The Morgan fingerprint density at radius 1 is 1.28 bits per heavy atom. The van der Waals surface area contributed by atoms with E-state index in [0.29, 0.717) is 18.2 Å². The molecular formula is C18H30IN5O. The summed E-state index contributed by atoms with van der Waals surface area (Å²) < 4.78 is 0. The maximum atomic E-state index is 11.1. The number of amides is 1. The van der Waals surface area contributed by atoms with Crippen molar-refractivity contribution in [3.63, 3.8) is 0 Å². The minimum Gasteiger partial charge on any atom is -0.366 e. The van der Waals surface area contributed by atoms with Crippen LogP contribution < -0.4 is 16.4 Å². The molecule has 0 aromatic heterocycles. The summed E-state index contributed by atoms with van der Waals surface area (Å²) in [6, 6.07) is 7.86. The molecule has 140 valence electrons. The molecule has 1 saturated heterocycles. The maximum Gasteiger partial charge on any atom is 0.248 e. The summed E-state index contributed by atoms with van der Waals surface area (Å²) in [7, 11) is 0. The van der Waals surface area contributed by atoms with Gasteiger partial charge in [0.1, 0.15) is 0 Å². The van der Waals surface area contributed by atoms with Gasteiger partial charge in [-0.2, -0.15) is 0 Å². The van der Waals surface area contributed by atoms with Crippen molar-refractivity contribution >= 4 is 35.8 Å². The van der Waals surface area contributed by atoms with Gasteiger partial charge in [-0.25, -0.2) is 4.99 Å². The minimum atomic E-state index is -0.405. The Bertz CT molecular complexity index is 561. The minimum absolute atomic E-state index is 0. The Labute approximate surface area is 167 Å². The monoisotopic (exact) mass is 459 g/mol. The Morgan fingerprint density at radius 3 is 2.60 bits per heavy atom. The molecule has 1 unspecified atom stereocenters. The molecule has 4 N–H and O–H groups in total. The topological polar surface area (TPSA) is 82.7 Å². The Morgan fingerprint density at radius 2 is 2.00 bits per heavy atom. The van der Waals surface area contributed by atoms with Gasteiger partial charge in [0.2, 0.25) is 5.91 Å². The van der Waals surface area contributed by atoms with E-state index in [1.807, 2.05) is 12.1 Å².